The molecule has 7 nitrogen and oxygen atoms in total. The molecule has 0 radical (unpaired) electrons. The number of carbonyl (C=O) groups excluding carboxylic acids is 1. The van der Waals surface area contributed by atoms with Crippen LogP contribution in [0.3, 0.4) is 0 Å². The van der Waals surface area contributed by atoms with Gasteiger partial charge in [-0.05, 0) is 30.3 Å². The number of aromatic nitrogens is 2. The molecule has 0 fully saturated rings. The zero-order valence-corrected chi connectivity index (χ0v) is 18.3. The highest BCUT2D eigenvalue weighted by atomic mass is 35.5. The molecule has 1 aromatic heterocycles. The Morgan fingerprint density at radius 3 is 2.52 bits per heavy atom. The number of rotatable bonds is 8. The molecule has 2 aromatic carbocycles. The van der Waals surface area contributed by atoms with Gasteiger partial charge in [0.05, 0.1) is 26.5 Å². The maximum atomic E-state index is 13.5. The zero-order chi connectivity index (χ0) is 22.8. The molecule has 0 saturated heterocycles. The number of para-hydroxylation sites is 2. The summed E-state index contributed by atoms with van der Waals surface area (Å²) in [5.74, 6) is -1.10. The minimum absolute atomic E-state index is 0.0224. The molecule has 0 aliphatic carbocycles. The minimum Gasteiger partial charge on any atom is -0.454 e. The van der Waals surface area contributed by atoms with E-state index in [-0.39, 0.29) is 39.9 Å². The summed E-state index contributed by atoms with van der Waals surface area (Å²) in [5.41, 5.74) is 0.350. The first-order valence-electron chi connectivity index (χ1n) is 9.41. The first-order valence-corrected chi connectivity index (χ1v) is 11.2. The van der Waals surface area contributed by atoms with Gasteiger partial charge in [-0.1, -0.05) is 37.6 Å². The lowest BCUT2D eigenvalue weighted by Gasteiger charge is -2.19. The number of imidazole rings is 1. The van der Waals surface area contributed by atoms with E-state index in [1.165, 1.54) is 22.5 Å². The van der Waals surface area contributed by atoms with Crippen molar-refractivity contribution in [3.8, 4) is 0 Å². The van der Waals surface area contributed by atoms with Gasteiger partial charge in [-0.3, -0.25) is 4.57 Å². The molecule has 3 aromatic rings. The summed E-state index contributed by atoms with van der Waals surface area (Å²) in [4.78, 5) is 16.6. The van der Waals surface area contributed by atoms with E-state index in [0.717, 1.165) is 6.07 Å². The summed E-state index contributed by atoms with van der Waals surface area (Å²) < 4.78 is 59.5. The van der Waals surface area contributed by atoms with E-state index < -0.39 is 29.1 Å². The molecule has 0 saturated carbocycles. The van der Waals surface area contributed by atoms with E-state index in [0.29, 0.717) is 10.1 Å². The molecule has 0 atom stereocenters. The average molecular weight is 472 g/mol. The molecule has 0 N–H and O–H groups in total. The summed E-state index contributed by atoms with van der Waals surface area (Å²) in [5, 5.41) is -0.0224. The number of esters is 1. The standard InChI is InChI=1S/C20H20ClF2N3O4S/c1-3-25(4-2)31(28,29)13-9-10-15(21)14(11-13)19(27)30-12-18-24-16-7-5-6-8-17(16)26(18)20(22)23/h5-11,20H,3-4,12H2,1-2H3. The van der Waals surface area contributed by atoms with E-state index in [9.17, 15) is 22.0 Å². The molecule has 3 rings (SSSR count). The average Bonchev–Trinajstić information content (AvgIpc) is 3.11. The van der Waals surface area contributed by atoms with Crippen molar-refractivity contribution in [1.82, 2.24) is 13.9 Å². The van der Waals surface area contributed by atoms with Gasteiger partial charge < -0.3 is 4.74 Å². The molecular weight excluding hydrogens is 452 g/mol. The van der Waals surface area contributed by atoms with Gasteiger partial charge in [0.2, 0.25) is 10.0 Å². The topological polar surface area (TPSA) is 81.5 Å². The molecule has 0 unspecified atom stereocenters. The number of fused-ring (bicyclic) bond motifs is 1. The zero-order valence-electron chi connectivity index (χ0n) is 16.8. The van der Waals surface area contributed by atoms with Gasteiger partial charge in [0.1, 0.15) is 6.61 Å². The van der Waals surface area contributed by atoms with Gasteiger partial charge in [-0.25, -0.2) is 18.2 Å². The van der Waals surface area contributed by atoms with Crippen LogP contribution in [0.25, 0.3) is 11.0 Å². The third kappa shape index (κ3) is 4.56. The Morgan fingerprint density at radius 1 is 1.19 bits per heavy atom. The van der Waals surface area contributed by atoms with Crippen molar-refractivity contribution in [2.24, 2.45) is 0 Å². The molecule has 166 valence electrons. The first kappa shape index (κ1) is 23.1. The van der Waals surface area contributed by atoms with Crippen LogP contribution in [0, 0.1) is 0 Å². The van der Waals surface area contributed by atoms with Crippen molar-refractivity contribution in [2.75, 3.05) is 13.1 Å². The number of benzene rings is 2. The van der Waals surface area contributed by atoms with Crippen molar-refractivity contribution in [2.45, 2.75) is 31.9 Å². The van der Waals surface area contributed by atoms with Gasteiger partial charge in [0.15, 0.2) is 5.82 Å². The number of alkyl halides is 2. The van der Waals surface area contributed by atoms with Gasteiger partial charge in [0, 0.05) is 13.1 Å². The number of ether oxygens (including phenoxy) is 1. The molecule has 0 spiro atoms. The number of nitrogens with zero attached hydrogens (tertiary/aromatic N) is 3. The molecule has 0 bridgehead atoms. The summed E-state index contributed by atoms with van der Waals surface area (Å²) >= 11 is 6.07. The van der Waals surface area contributed by atoms with Crippen LogP contribution in [0.4, 0.5) is 8.78 Å². The second kappa shape index (κ2) is 9.29. The van der Waals surface area contributed by atoms with Crippen molar-refractivity contribution >= 4 is 38.6 Å². The van der Waals surface area contributed by atoms with Crippen molar-refractivity contribution < 1.29 is 26.7 Å². The predicted molar refractivity (Wildman–Crippen MR) is 112 cm³/mol. The Balaban J connectivity index is 1.88. The van der Waals surface area contributed by atoms with Crippen LogP contribution in [0.2, 0.25) is 5.02 Å². The van der Waals surface area contributed by atoms with E-state index in [1.54, 1.807) is 32.0 Å². The van der Waals surface area contributed by atoms with E-state index in [1.807, 2.05) is 0 Å². The second-order valence-corrected chi connectivity index (χ2v) is 8.82. The summed E-state index contributed by atoms with van der Waals surface area (Å²) in [7, 11) is -3.83. The Kier molecular flexibility index (Phi) is 6.93. The van der Waals surface area contributed by atoms with Crippen molar-refractivity contribution in [3.63, 3.8) is 0 Å². The summed E-state index contributed by atoms with van der Waals surface area (Å²) in [6, 6.07) is 10.00. The number of carbonyl (C=O) groups is 1. The second-order valence-electron chi connectivity index (χ2n) is 6.47. The van der Waals surface area contributed by atoms with Crippen molar-refractivity contribution in [1.29, 1.82) is 0 Å². The normalized spacial score (nSPS) is 12.1. The lowest BCUT2D eigenvalue weighted by atomic mass is 10.2. The van der Waals surface area contributed by atoms with Crippen LogP contribution in [0.1, 0.15) is 36.6 Å². The maximum Gasteiger partial charge on any atom is 0.340 e. The minimum atomic E-state index is -3.83. The van der Waals surface area contributed by atoms with Crippen LogP contribution >= 0.6 is 11.6 Å². The molecule has 11 heteroatoms. The number of hydrogen-bond donors (Lipinski definition) is 0. The summed E-state index contributed by atoms with van der Waals surface area (Å²) in [6.07, 6.45) is 0. The highest BCUT2D eigenvalue weighted by molar-refractivity contribution is 7.89. The van der Waals surface area contributed by atoms with E-state index in [4.69, 9.17) is 16.3 Å². The first-order chi connectivity index (χ1) is 14.7. The Hall–Kier alpha value is -2.56. The number of halogens is 3. The molecular formula is C20H20ClF2N3O4S. The third-order valence-electron chi connectivity index (χ3n) is 4.70. The quantitative estimate of drug-likeness (QED) is 0.453. The SMILES string of the molecule is CCN(CC)S(=O)(=O)c1ccc(Cl)c(C(=O)OCc2nc3ccccc3n2C(F)F)c1. The fraction of sp³-hybridized carbons (Fsp3) is 0.300. The largest absolute Gasteiger partial charge is 0.454 e. The maximum absolute atomic E-state index is 13.5. The number of hydrogen-bond acceptors (Lipinski definition) is 5. The highest BCUT2D eigenvalue weighted by Crippen LogP contribution is 2.26. The smallest absolute Gasteiger partial charge is 0.340 e. The van der Waals surface area contributed by atoms with E-state index in [2.05, 4.69) is 4.98 Å². The Labute approximate surface area is 183 Å². The summed E-state index contributed by atoms with van der Waals surface area (Å²) in [6.45, 7) is 0.479. The monoisotopic (exact) mass is 471 g/mol. The van der Waals surface area contributed by atoms with E-state index >= 15 is 0 Å². The van der Waals surface area contributed by atoms with Crippen LogP contribution in [-0.2, 0) is 21.4 Å². The van der Waals surface area contributed by atoms with Crippen molar-refractivity contribution in [3.05, 3.63) is 58.9 Å². The van der Waals surface area contributed by atoms with Gasteiger partial charge in [0.25, 0.3) is 0 Å². The molecule has 31 heavy (non-hydrogen) atoms. The number of sulfonamides is 1. The van der Waals surface area contributed by atoms with Gasteiger partial charge in [-0.15, -0.1) is 0 Å². The van der Waals surface area contributed by atoms with Gasteiger partial charge >= 0.3 is 12.5 Å². The van der Waals surface area contributed by atoms with Crippen LogP contribution in [0.15, 0.2) is 47.4 Å². The molecule has 0 amide bonds. The lowest BCUT2D eigenvalue weighted by molar-refractivity contribution is 0.0387. The Bertz CT molecular complexity index is 1210. The van der Waals surface area contributed by atoms with Crippen LogP contribution in [-0.4, -0.2) is 41.3 Å². The lowest BCUT2D eigenvalue weighted by Crippen LogP contribution is -2.30. The molecule has 1 heterocycles. The van der Waals surface area contributed by atoms with Gasteiger partial charge in [-0.2, -0.15) is 13.1 Å². The van der Waals surface area contributed by atoms with Crippen LogP contribution < -0.4 is 0 Å². The third-order valence-corrected chi connectivity index (χ3v) is 7.07. The van der Waals surface area contributed by atoms with Crippen LogP contribution in [0.5, 0.6) is 0 Å². The fourth-order valence-electron chi connectivity index (χ4n) is 3.16. The fourth-order valence-corrected chi connectivity index (χ4v) is 4.84. The predicted octanol–water partition coefficient (Wildman–Crippen LogP) is 4.47. The molecule has 0 aliphatic heterocycles. The molecule has 0 aliphatic rings. The Morgan fingerprint density at radius 2 is 1.87 bits per heavy atom. The highest BCUT2D eigenvalue weighted by Gasteiger charge is 2.25.